The van der Waals surface area contributed by atoms with Gasteiger partial charge in [-0.25, -0.2) is 4.39 Å². The largest absolute Gasteiger partial charge is 0.497 e. The van der Waals surface area contributed by atoms with E-state index in [-0.39, 0.29) is 11.7 Å². The third-order valence-corrected chi connectivity index (χ3v) is 3.87. The van der Waals surface area contributed by atoms with Crippen molar-refractivity contribution >= 4 is 11.6 Å². The fraction of sp³-hybridized carbons (Fsp3) is 0.294. The summed E-state index contributed by atoms with van der Waals surface area (Å²) in [6.07, 6.45) is 1.56. The van der Waals surface area contributed by atoms with E-state index in [1.54, 1.807) is 13.2 Å². The van der Waals surface area contributed by atoms with Gasteiger partial charge in [-0.3, -0.25) is 0 Å². The first kappa shape index (κ1) is 15.8. The van der Waals surface area contributed by atoms with Crippen molar-refractivity contribution in [2.75, 3.05) is 13.7 Å². The molecular formula is C17H19ClFNO. The molecule has 0 saturated carbocycles. The van der Waals surface area contributed by atoms with Gasteiger partial charge >= 0.3 is 0 Å². The molecule has 4 heteroatoms. The summed E-state index contributed by atoms with van der Waals surface area (Å²) in [6, 6.07) is 12.4. The Hall–Kier alpha value is -1.58. The number of halogens is 2. The number of methoxy groups -OCH3 is 1. The van der Waals surface area contributed by atoms with E-state index in [4.69, 9.17) is 22.1 Å². The van der Waals surface area contributed by atoms with Crippen molar-refractivity contribution in [2.45, 2.75) is 12.8 Å². The minimum absolute atomic E-state index is 0.250. The number of hydrogen-bond donors (Lipinski definition) is 1. The summed E-state index contributed by atoms with van der Waals surface area (Å²) in [5.41, 5.74) is 7.97. The summed E-state index contributed by atoms with van der Waals surface area (Å²) in [4.78, 5) is 0. The Labute approximate surface area is 129 Å². The van der Waals surface area contributed by atoms with Gasteiger partial charge in [-0.05, 0) is 60.7 Å². The summed E-state index contributed by atoms with van der Waals surface area (Å²) in [5, 5.41) is 0.457. The molecule has 112 valence electrons. The van der Waals surface area contributed by atoms with Gasteiger partial charge in [0.2, 0.25) is 0 Å². The molecule has 1 unspecified atom stereocenters. The Morgan fingerprint density at radius 3 is 2.67 bits per heavy atom. The van der Waals surface area contributed by atoms with Crippen LogP contribution in [0.3, 0.4) is 0 Å². The average molecular weight is 308 g/mol. The summed E-state index contributed by atoms with van der Waals surface area (Å²) >= 11 is 6.08. The van der Waals surface area contributed by atoms with Gasteiger partial charge < -0.3 is 10.5 Å². The lowest BCUT2D eigenvalue weighted by Gasteiger charge is -2.16. The van der Waals surface area contributed by atoms with E-state index >= 15 is 0 Å². The molecule has 0 fully saturated rings. The Morgan fingerprint density at radius 2 is 2.00 bits per heavy atom. The lowest BCUT2D eigenvalue weighted by Crippen LogP contribution is -2.19. The Morgan fingerprint density at radius 1 is 1.19 bits per heavy atom. The normalized spacial score (nSPS) is 12.2. The van der Waals surface area contributed by atoms with E-state index in [1.165, 1.54) is 17.7 Å². The van der Waals surface area contributed by atoms with E-state index in [0.717, 1.165) is 24.2 Å². The molecule has 0 aliphatic carbocycles. The fourth-order valence-corrected chi connectivity index (χ4v) is 2.61. The Balaban J connectivity index is 2.09. The second-order valence-electron chi connectivity index (χ2n) is 5.10. The van der Waals surface area contributed by atoms with E-state index in [2.05, 4.69) is 6.07 Å². The maximum absolute atomic E-state index is 13.1. The molecule has 2 rings (SSSR count). The SMILES string of the molecule is COc1cccc(CC(CN)Cc2ccc(F)cc2Cl)c1. The highest BCUT2D eigenvalue weighted by Crippen LogP contribution is 2.23. The molecule has 0 bridgehead atoms. The summed E-state index contributed by atoms with van der Waals surface area (Å²) in [5.74, 6) is 0.768. The number of ether oxygens (including phenoxy) is 1. The monoisotopic (exact) mass is 307 g/mol. The summed E-state index contributed by atoms with van der Waals surface area (Å²) in [6.45, 7) is 0.547. The van der Waals surface area contributed by atoms with Gasteiger partial charge in [-0.2, -0.15) is 0 Å². The number of rotatable bonds is 6. The molecule has 0 saturated heterocycles. The van der Waals surface area contributed by atoms with E-state index < -0.39 is 0 Å². The van der Waals surface area contributed by atoms with Gasteiger partial charge in [0.15, 0.2) is 0 Å². The van der Waals surface area contributed by atoms with Gasteiger partial charge in [-0.1, -0.05) is 29.8 Å². The zero-order valence-electron chi connectivity index (χ0n) is 12.0. The van der Waals surface area contributed by atoms with Crippen LogP contribution in [0.1, 0.15) is 11.1 Å². The van der Waals surface area contributed by atoms with Crippen molar-refractivity contribution in [3.05, 3.63) is 64.4 Å². The molecule has 0 amide bonds. The van der Waals surface area contributed by atoms with Crippen LogP contribution in [-0.2, 0) is 12.8 Å². The van der Waals surface area contributed by atoms with E-state index in [9.17, 15) is 4.39 Å². The highest BCUT2D eigenvalue weighted by molar-refractivity contribution is 6.31. The highest BCUT2D eigenvalue weighted by atomic mass is 35.5. The van der Waals surface area contributed by atoms with Crippen LogP contribution >= 0.6 is 11.6 Å². The zero-order valence-corrected chi connectivity index (χ0v) is 12.7. The van der Waals surface area contributed by atoms with Crippen molar-refractivity contribution < 1.29 is 9.13 Å². The van der Waals surface area contributed by atoms with Crippen molar-refractivity contribution in [1.29, 1.82) is 0 Å². The van der Waals surface area contributed by atoms with Crippen LogP contribution in [0.5, 0.6) is 5.75 Å². The Bertz CT molecular complexity index is 603. The van der Waals surface area contributed by atoms with E-state index in [1.807, 2.05) is 18.2 Å². The van der Waals surface area contributed by atoms with Gasteiger partial charge in [0.05, 0.1) is 7.11 Å². The molecular weight excluding hydrogens is 289 g/mol. The molecule has 2 nitrogen and oxygen atoms in total. The molecule has 2 aromatic rings. The predicted molar refractivity (Wildman–Crippen MR) is 84.4 cm³/mol. The minimum Gasteiger partial charge on any atom is -0.497 e. The quantitative estimate of drug-likeness (QED) is 0.880. The smallest absolute Gasteiger partial charge is 0.124 e. The average Bonchev–Trinajstić information content (AvgIpc) is 2.49. The maximum atomic E-state index is 13.1. The first-order chi connectivity index (χ1) is 10.1. The predicted octanol–water partition coefficient (Wildman–Crippen LogP) is 3.85. The van der Waals surface area contributed by atoms with E-state index in [0.29, 0.717) is 11.6 Å². The Kier molecular flexibility index (Phi) is 5.59. The van der Waals surface area contributed by atoms with Crippen LogP contribution in [0, 0.1) is 11.7 Å². The van der Waals surface area contributed by atoms with Crippen LogP contribution in [0.4, 0.5) is 4.39 Å². The number of benzene rings is 2. The molecule has 0 radical (unpaired) electrons. The third-order valence-electron chi connectivity index (χ3n) is 3.52. The van der Waals surface area contributed by atoms with Gasteiger partial charge in [0.25, 0.3) is 0 Å². The van der Waals surface area contributed by atoms with Crippen LogP contribution in [0.25, 0.3) is 0 Å². The molecule has 21 heavy (non-hydrogen) atoms. The van der Waals surface area contributed by atoms with Crippen LogP contribution < -0.4 is 10.5 Å². The molecule has 0 spiro atoms. The summed E-state index contributed by atoms with van der Waals surface area (Å²) < 4.78 is 18.3. The summed E-state index contributed by atoms with van der Waals surface area (Å²) in [7, 11) is 1.65. The molecule has 2 N–H and O–H groups in total. The van der Waals surface area contributed by atoms with Gasteiger partial charge in [0.1, 0.15) is 11.6 Å². The lowest BCUT2D eigenvalue weighted by molar-refractivity contribution is 0.413. The standard InChI is InChI=1S/C17H19ClFNO/c1-21-16-4-2-3-12(9-16)7-13(11-20)8-14-5-6-15(19)10-17(14)18/h2-6,9-10,13H,7-8,11,20H2,1H3. The zero-order chi connectivity index (χ0) is 15.2. The van der Waals surface area contributed by atoms with Gasteiger partial charge in [0, 0.05) is 5.02 Å². The highest BCUT2D eigenvalue weighted by Gasteiger charge is 2.12. The molecule has 1 atom stereocenters. The van der Waals surface area contributed by atoms with Crippen LogP contribution in [0.2, 0.25) is 5.02 Å². The number of hydrogen-bond acceptors (Lipinski definition) is 2. The topological polar surface area (TPSA) is 35.2 Å². The molecule has 0 aromatic heterocycles. The van der Waals surface area contributed by atoms with Crippen molar-refractivity contribution in [3.8, 4) is 5.75 Å². The first-order valence-electron chi connectivity index (χ1n) is 6.89. The van der Waals surface area contributed by atoms with Crippen molar-refractivity contribution in [3.63, 3.8) is 0 Å². The maximum Gasteiger partial charge on any atom is 0.124 e. The molecule has 0 aliphatic rings. The number of nitrogens with two attached hydrogens (primary N) is 1. The van der Waals surface area contributed by atoms with Crippen molar-refractivity contribution in [2.24, 2.45) is 11.7 Å². The lowest BCUT2D eigenvalue weighted by atomic mass is 9.92. The van der Waals surface area contributed by atoms with Crippen LogP contribution in [-0.4, -0.2) is 13.7 Å². The molecule has 0 heterocycles. The van der Waals surface area contributed by atoms with Crippen LogP contribution in [0.15, 0.2) is 42.5 Å². The first-order valence-corrected chi connectivity index (χ1v) is 7.27. The molecule has 0 aliphatic heterocycles. The minimum atomic E-state index is -0.319. The second kappa shape index (κ2) is 7.43. The second-order valence-corrected chi connectivity index (χ2v) is 5.50. The molecule has 2 aromatic carbocycles. The van der Waals surface area contributed by atoms with Gasteiger partial charge in [-0.15, -0.1) is 0 Å². The van der Waals surface area contributed by atoms with Crippen molar-refractivity contribution in [1.82, 2.24) is 0 Å². The fourth-order valence-electron chi connectivity index (χ4n) is 2.37. The third kappa shape index (κ3) is 4.45.